The largest absolute Gasteiger partial charge is 0.479 e. The lowest BCUT2D eigenvalue weighted by molar-refractivity contribution is 0.477. The van der Waals surface area contributed by atoms with Crippen LogP contribution in [0.15, 0.2) is 48.5 Å². The van der Waals surface area contributed by atoms with Crippen LogP contribution >= 0.6 is 27.7 Å². The lowest BCUT2D eigenvalue weighted by Gasteiger charge is -2.33. The topological polar surface area (TPSA) is 27.7 Å². The van der Waals surface area contributed by atoms with Crippen molar-refractivity contribution in [3.05, 3.63) is 93.0 Å². The summed E-state index contributed by atoms with van der Waals surface area (Å²) in [5, 5.41) is 1.21. The molecule has 0 fully saturated rings. The second kappa shape index (κ2) is 17.4. The Morgan fingerprint density at radius 1 is 0.323 bits per heavy atom. The van der Waals surface area contributed by atoms with Gasteiger partial charge in [0.25, 0.3) is 9.03 Å². The van der Waals surface area contributed by atoms with Crippen LogP contribution in [0.3, 0.4) is 0 Å². The number of rotatable bonds is 7. The molecule has 3 unspecified atom stereocenters. The van der Waals surface area contributed by atoms with Gasteiger partial charge in [0.1, 0.15) is 17.2 Å². The van der Waals surface area contributed by atoms with Crippen molar-refractivity contribution in [3.8, 4) is 39.5 Å². The van der Waals surface area contributed by atoms with E-state index in [2.05, 4.69) is 233 Å². The quantitative estimate of drug-likeness (QED) is 0.173. The molecule has 0 aliphatic rings. The highest BCUT2D eigenvalue weighted by Crippen LogP contribution is 2.52. The van der Waals surface area contributed by atoms with Gasteiger partial charge in [-0.15, -0.1) is 9.24 Å². The van der Waals surface area contributed by atoms with Gasteiger partial charge in [0.05, 0.1) is 9.47 Å². The van der Waals surface area contributed by atoms with Crippen molar-refractivity contribution in [3.63, 3.8) is 0 Å². The van der Waals surface area contributed by atoms with Crippen LogP contribution in [0.5, 0.6) is 17.2 Å². The molecule has 3 atom stereocenters. The normalized spacial score (nSPS) is 13.9. The monoisotopic (exact) mass is 899 g/mol. The maximum atomic E-state index is 7.26. The molecule has 342 valence electrons. The summed E-state index contributed by atoms with van der Waals surface area (Å²) in [7, 11) is 5.37. The summed E-state index contributed by atoms with van der Waals surface area (Å²) < 4.78 is 20.9. The van der Waals surface area contributed by atoms with Crippen LogP contribution in [0.1, 0.15) is 211 Å². The van der Waals surface area contributed by atoms with E-state index in [-0.39, 0.29) is 52.4 Å². The number of hydrogen-bond donors (Lipinski definition) is 0. The zero-order chi connectivity index (χ0) is 47.7. The Morgan fingerprint density at radius 3 is 0.839 bits per heavy atom. The Labute approximate surface area is 386 Å². The summed E-state index contributed by atoms with van der Waals surface area (Å²) >= 11 is 0. The van der Waals surface area contributed by atoms with Crippen LogP contribution in [-0.4, -0.2) is 0 Å². The molecule has 0 saturated carbocycles. The van der Waals surface area contributed by atoms with Gasteiger partial charge in [-0.1, -0.05) is 190 Å². The molecule has 4 rings (SSSR count). The Kier molecular flexibility index (Phi) is 14.7. The van der Waals surface area contributed by atoms with Crippen molar-refractivity contribution in [2.24, 2.45) is 0 Å². The lowest BCUT2D eigenvalue weighted by Crippen LogP contribution is -2.24. The molecule has 0 spiro atoms. The van der Waals surface area contributed by atoms with Gasteiger partial charge in [0.2, 0.25) is 0 Å². The third-order valence-electron chi connectivity index (χ3n) is 12.1. The van der Waals surface area contributed by atoms with Crippen molar-refractivity contribution in [1.29, 1.82) is 0 Å². The average molecular weight is 899 g/mol. The molecule has 6 heteroatoms. The maximum Gasteiger partial charge on any atom is 0.275 e. The molecular formula is C56H85O3P3. The number of hydrogen-bond acceptors (Lipinski definition) is 3. The van der Waals surface area contributed by atoms with E-state index in [1.54, 1.807) is 0 Å². The molecule has 0 bridgehead atoms. The first kappa shape index (κ1) is 52.2. The molecule has 3 nitrogen and oxygen atoms in total. The Hall–Kier alpha value is -2.43. The van der Waals surface area contributed by atoms with Gasteiger partial charge < -0.3 is 13.6 Å². The van der Waals surface area contributed by atoms with Gasteiger partial charge in [-0.25, -0.2) is 0 Å². The summed E-state index contributed by atoms with van der Waals surface area (Å²) in [6.07, 6.45) is 0. The van der Waals surface area contributed by atoms with Crippen molar-refractivity contribution in [1.82, 2.24) is 0 Å². The summed E-state index contributed by atoms with van der Waals surface area (Å²) in [6, 6.07) is 19.0. The van der Waals surface area contributed by atoms with Crippen LogP contribution in [0.2, 0.25) is 0 Å². The van der Waals surface area contributed by atoms with Crippen LogP contribution in [-0.2, 0) is 43.3 Å². The van der Waals surface area contributed by atoms with Gasteiger partial charge in [0, 0.05) is 33.4 Å². The number of benzene rings is 4. The van der Waals surface area contributed by atoms with Crippen LogP contribution in [0, 0.1) is 0 Å². The SMILES string of the molecule is CC(C)(C)c1cc(-c2cc(C(C)(C)C)cc(C(C)(C)C)c2OPOc2c(-c3cc(C(C)(C)C)cc(C(C)(C)C)c3OP)cc(C(C)(C)C)cc2C(C)(C)C)c(P)c(C(C)(C)C)c1. The van der Waals surface area contributed by atoms with E-state index in [9.17, 15) is 0 Å². The standard InChI is InChI=1S/C56H85O3P3/c1-49(2,3)33-25-37(45(57-61)41(29-33)53(13,14)15)38-26-34(50(4,5)6)30-42(54(16,17)18)46(38)58-62-59-47-39(27-35(51(7,8)9)31-43(47)55(19,20)21)40-28-36(52(10,11)12)32-44(48(40)60)56(22,23)24/h25-32,62H,60-61H2,1-24H3. The molecule has 4 aromatic carbocycles. The molecule has 0 amide bonds. The van der Waals surface area contributed by atoms with Gasteiger partial charge >= 0.3 is 0 Å². The minimum atomic E-state index is -0.326. The molecule has 0 heterocycles. The van der Waals surface area contributed by atoms with Crippen LogP contribution in [0.4, 0.5) is 0 Å². The molecular weight excluding hydrogens is 814 g/mol. The highest BCUT2D eigenvalue weighted by atomic mass is 31.1. The van der Waals surface area contributed by atoms with E-state index in [1.165, 1.54) is 44.2 Å². The summed E-state index contributed by atoms with van der Waals surface area (Å²) in [5.41, 5.74) is 13.2. The molecule has 0 aliphatic heterocycles. The molecule has 0 radical (unpaired) electrons. The maximum absolute atomic E-state index is 7.26. The van der Waals surface area contributed by atoms with E-state index in [0.717, 1.165) is 45.1 Å². The molecule has 0 aromatic heterocycles. The summed E-state index contributed by atoms with van der Waals surface area (Å²) in [6.45, 7) is 55.1. The second-order valence-electron chi connectivity index (χ2n) is 26.1. The first-order valence-corrected chi connectivity index (χ1v) is 24.5. The minimum absolute atomic E-state index is 0.0524. The highest BCUT2D eigenvalue weighted by Gasteiger charge is 2.34. The van der Waals surface area contributed by atoms with Crippen molar-refractivity contribution in [2.45, 2.75) is 209 Å². The molecule has 0 N–H and O–H groups in total. The van der Waals surface area contributed by atoms with Crippen LogP contribution < -0.4 is 18.9 Å². The predicted octanol–water partition coefficient (Wildman–Crippen LogP) is 17.0. The third kappa shape index (κ3) is 11.7. The first-order valence-electron chi connectivity index (χ1n) is 22.7. The zero-order valence-electron chi connectivity index (χ0n) is 43.5. The molecule has 62 heavy (non-hydrogen) atoms. The fourth-order valence-corrected chi connectivity index (χ4v) is 9.50. The van der Waals surface area contributed by atoms with Crippen molar-refractivity contribution >= 4 is 33.0 Å². The van der Waals surface area contributed by atoms with Gasteiger partial charge in [-0.2, -0.15) is 0 Å². The van der Waals surface area contributed by atoms with E-state index in [1.807, 2.05) is 0 Å². The highest BCUT2D eigenvalue weighted by molar-refractivity contribution is 7.28. The van der Waals surface area contributed by atoms with Crippen LogP contribution in [0.25, 0.3) is 22.3 Å². The zero-order valence-corrected chi connectivity index (χ0v) is 46.8. The van der Waals surface area contributed by atoms with Gasteiger partial charge in [-0.05, 0) is 106 Å². The average Bonchev–Trinajstić information content (AvgIpc) is 3.07. The first-order chi connectivity index (χ1) is 27.7. The molecule has 4 aromatic rings. The Bertz CT molecular complexity index is 2280. The minimum Gasteiger partial charge on any atom is -0.479 e. The molecule has 0 saturated heterocycles. The molecule has 0 aliphatic carbocycles. The van der Waals surface area contributed by atoms with E-state index in [0.29, 0.717) is 0 Å². The Morgan fingerprint density at radius 2 is 0.565 bits per heavy atom. The predicted molar refractivity (Wildman–Crippen MR) is 283 cm³/mol. The summed E-state index contributed by atoms with van der Waals surface area (Å²) in [4.78, 5) is 0. The summed E-state index contributed by atoms with van der Waals surface area (Å²) in [5.74, 6) is 2.56. The van der Waals surface area contributed by atoms with Gasteiger partial charge in [0.15, 0.2) is 0 Å². The Balaban J connectivity index is 2.14. The lowest BCUT2D eigenvalue weighted by atomic mass is 9.75. The van der Waals surface area contributed by atoms with Crippen molar-refractivity contribution < 1.29 is 13.6 Å². The fourth-order valence-electron chi connectivity index (χ4n) is 7.84. The van der Waals surface area contributed by atoms with Gasteiger partial charge in [-0.3, -0.25) is 0 Å². The van der Waals surface area contributed by atoms with Crippen molar-refractivity contribution in [2.75, 3.05) is 0 Å². The van der Waals surface area contributed by atoms with E-state index >= 15 is 0 Å². The fraction of sp³-hybridized carbons (Fsp3) is 0.571. The van der Waals surface area contributed by atoms with E-state index < -0.39 is 0 Å². The smallest absolute Gasteiger partial charge is 0.275 e. The van der Waals surface area contributed by atoms with E-state index in [4.69, 9.17) is 13.6 Å². The third-order valence-corrected chi connectivity index (χ3v) is 13.6. The second-order valence-corrected chi connectivity index (χ2v) is 27.5.